The molecule has 1 aliphatic carbocycles. The van der Waals surface area contributed by atoms with Crippen LogP contribution in [0.5, 0.6) is 0 Å². The number of hydrogen-bond donors (Lipinski definition) is 0. The Morgan fingerprint density at radius 1 is 0.933 bits per heavy atom. The Hall–Kier alpha value is 1.26. The van der Waals surface area contributed by atoms with Crippen molar-refractivity contribution in [3.8, 4) is 0 Å². The second-order valence-electron chi connectivity index (χ2n) is 3.97. The summed E-state index contributed by atoms with van der Waals surface area (Å²) in [5.74, 6) is 0. The molecule has 0 aliphatic heterocycles. The van der Waals surface area contributed by atoms with Crippen LogP contribution in [0.3, 0.4) is 0 Å². The van der Waals surface area contributed by atoms with Crippen LogP contribution in [-0.4, -0.2) is 0 Å². The first-order valence-corrected chi connectivity index (χ1v) is 9.21. The van der Waals surface area contributed by atoms with Crippen LogP contribution in [0, 0.1) is 5.41 Å². The Morgan fingerprint density at radius 2 is 1.33 bits per heavy atom. The summed E-state index contributed by atoms with van der Waals surface area (Å²) in [7, 11) is 12.2. The monoisotopic (exact) mass is 380 g/mol. The van der Waals surface area contributed by atoms with Crippen molar-refractivity contribution in [2.24, 2.45) is 5.41 Å². The van der Waals surface area contributed by atoms with Gasteiger partial charge in [-0.2, -0.15) is 0 Å². The van der Waals surface area contributed by atoms with Gasteiger partial charge in [-0.05, 0) is 0 Å². The molecule has 0 heterocycles. The molecule has 0 aromatic heterocycles. The van der Waals surface area contributed by atoms with Gasteiger partial charge in [0, 0.05) is 0 Å². The summed E-state index contributed by atoms with van der Waals surface area (Å²) in [6, 6.07) is 0. The third kappa shape index (κ3) is 3.14. The summed E-state index contributed by atoms with van der Waals surface area (Å²) in [6.45, 7) is 10.9. The first-order valence-electron chi connectivity index (χ1n) is 4.17. The van der Waals surface area contributed by atoms with Gasteiger partial charge in [0.15, 0.2) is 0 Å². The molecule has 0 spiro atoms. The van der Waals surface area contributed by atoms with Crippen molar-refractivity contribution in [3.63, 3.8) is 0 Å². The maximum atomic E-state index is 6.10. The summed E-state index contributed by atoms with van der Waals surface area (Å²) >= 11 is -1.62. The summed E-state index contributed by atoms with van der Waals surface area (Å²) < 4.78 is 1.29. The maximum absolute atomic E-state index is 6.10. The molecular weight excluding hydrogens is 365 g/mol. The van der Waals surface area contributed by atoms with Gasteiger partial charge < -0.3 is 0 Å². The van der Waals surface area contributed by atoms with E-state index in [0.717, 1.165) is 0 Å². The predicted molar refractivity (Wildman–Crippen MR) is 71.1 cm³/mol. The van der Waals surface area contributed by atoms with E-state index in [1.54, 1.807) is 0 Å². The van der Waals surface area contributed by atoms with E-state index in [9.17, 15) is 0 Å². The van der Waals surface area contributed by atoms with Crippen molar-refractivity contribution >= 4 is 44.2 Å². The van der Waals surface area contributed by atoms with Crippen molar-refractivity contribution in [3.05, 3.63) is 20.9 Å². The fraction of sp³-hybridized carbons (Fsp3) is 0.600. The standard InChI is InChI=1S/C10H15.4ClH.Rh/c1-7-6-10(4,5)9(3)8(7)2;;;;;/h1-5H3;4*1H;/q;;;;;+2/p-2. The van der Waals surface area contributed by atoms with Crippen molar-refractivity contribution in [2.45, 2.75) is 34.6 Å². The van der Waals surface area contributed by atoms with Crippen molar-refractivity contribution in [2.75, 3.05) is 0 Å². The Balaban J connectivity index is 0. The van der Waals surface area contributed by atoms with Crippen molar-refractivity contribution in [1.82, 2.24) is 0 Å². The molecule has 0 amide bonds. The zero-order valence-electron chi connectivity index (χ0n) is 9.41. The molecule has 0 radical (unpaired) electrons. The SMILES string of the molecule is CC1=C(C)C(C)(C)[C]([Rh]([Cl])[Cl])=C1C.Cl.Cl. The fourth-order valence-corrected chi connectivity index (χ4v) is 6.62. The second-order valence-corrected chi connectivity index (χ2v) is 9.38. The molecule has 0 unspecified atom stereocenters. The van der Waals surface area contributed by atoms with E-state index in [-0.39, 0.29) is 30.2 Å². The molecule has 1 aliphatic rings. The van der Waals surface area contributed by atoms with E-state index in [2.05, 4.69) is 34.6 Å². The van der Waals surface area contributed by atoms with Crippen LogP contribution in [0.25, 0.3) is 0 Å². The van der Waals surface area contributed by atoms with Gasteiger partial charge in [0.05, 0.1) is 0 Å². The van der Waals surface area contributed by atoms with Gasteiger partial charge in [-0.3, -0.25) is 0 Å². The predicted octanol–water partition coefficient (Wildman–Crippen LogP) is 5.41. The average Bonchev–Trinajstić information content (AvgIpc) is 2.12. The van der Waals surface area contributed by atoms with Crippen LogP contribution in [0.15, 0.2) is 20.9 Å². The molecule has 0 fully saturated rings. The molecule has 0 aromatic rings. The molecule has 1 rings (SSSR count). The van der Waals surface area contributed by atoms with E-state index in [1.807, 2.05) is 0 Å². The molecule has 94 valence electrons. The molecule has 0 saturated carbocycles. The van der Waals surface area contributed by atoms with Gasteiger partial charge >= 0.3 is 94.3 Å². The zero-order valence-corrected chi connectivity index (χ0v) is 14.2. The van der Waals surface area contributed by atoms with Crippen LogP contribution in [0.2, 0.25) is 0 Å². The van der Waals surface area contributed by atoms with Gasteiger partial charge in [0.1, 0.15) is 0 Å². The van der Waals surface area contributed by atoms with Crippen molar-refractivity contribution < 1.29 is 14.0 Å². The van der Waals surface area contributed by atoms with E-state index >= 15 is 0 Å². The number of allylic oxidation sites excluding steroid dienone is 4. The van der Waals surface area contributed by atoms with E-state index in [0.29, 0.717) is 0 Å². The quantitative estimate of drug-likeness (QED) is 0.533. The van der Waals surface area contributed by atoms with Gasteiger partial charge in [0.25, 0.3) is 0 Å². The van der Waals surface area contributed by atoms with E-state index in [1.165, 1.54) is 20.9 Å². The summed E-state index contributed by atoms with van der Waals surface area (Å²) in [4.78, 5) is 0. The molecule has 0 atom stereocenters. The molecular formula is C10H17Cl4Rh. The smallest absolute Gasteiger partial charge is 0.147 e. The maximum Gasteiger partial charge on any atom is -0.147 e. The normalized spacial score (nSPS) is 19.8. The minimum Gasteiger partial charge on any atom is -0.147 e. The minimum absolute atomic E-state index is 0. The van der Waals surface area contributed by atoms with Gasteiger partial charge in [-0.25, -0.2) is 0 Å². The first-order chi connectivity index (χ1) is 5.80. The Morgan fingerprint density at radius 3 is 1.47 bits per heavy atom. The number of halogens is 4. The van der Waals surface area contributed by atoms with Crippen LogP contribution < -0.4 is 0 Å². The van der Waals surface area contributed by atoms with Crippen LogP contribution >= 0.6 is 44.2 Å². The molecule has 0 saturated heterocycles. The van der Waals surface area contributed by atoms with Gasteiger partial charge in [-0.1, -0.05) is 0 Å². The van der Waals surface area contributed by atoms with Crippen LogP contribution in [0.4, 0.5) is 0 Å². The van der Waals surface area contributed by atoms with Crippen molar-refractivity contribution in [1.29, 1.82) is 0 Å². The van der Waals surface area contributed by atoms with Gasteiger partial charge in [-0.15, -0.1) is 24.8 Å². The average molecular weight is 382 g/mol. The molecule has 0 nitrogen and oxygen atoms in total. The van der Waals surface area contributed by atoms with E-state index in [4.69, 9.17) is 19.4 Å². The van der Waals surface area contributed by atoms with Crippen LogP contribution in [0.1, 0.15) is 34.6 Å². The number of rotatable bonds is 1. The van der Waals surface area contributed by atoms with E-state index < -0.39 is 14.0 Å². The fourth-order valence-electron chi connectivity index (χ4n) is 1.78. The Bertz CT molecular complexity index is 303. The van der Waals surface area contributed by atoms with Crippen LogP contribution in [-0.2, 0) is 14.0 Å². The molecule has 0 bridgehead atoms. The Labute approximate surface area is 118 Å². The summed E-state index contributed by atoms with van der Waals surface area (Å²) in [5, 5.41) is 0. The third-order valence-electron chi connectivity index (χ3n) is 3.02. The molecule has 0 N–H and O–H groups in total. The third-order valence-corrected chi connectivity index (χ3v) is 6.77. The molecule has 5 heteroatoms. The topological polar surface area (TPSA) is 0 Å². The minimum atomic E-state index is -1.62. The number of hydrogen-bond acceptors (Lipinski definition) is 0. The largest absolute Gasteiger partial charge is 0.147 e. The second kappa shape index (κ2) is 6.26. The first kappa shape index (κ1) is 18.6. The summed E-state index contributed by atoms with van der Waals surface area (Å²) in [5.41, 5.74) is 4.19. The Kier molecular flexibility index (Phi) is 7.78. The molecule has 0 aromatic carbocycles. The summed E-state index contributed by atoms with van der Waals surface area (Å²) in [6.07, 6.45) is 0. The zero-order chi connectivity index (χ0) is 10.4. The molecule has 15 heavy (non-hydrogen) atoms. The van der Waals surface area contributed by atoms with Gasteiger partial charge in [0.2, 0.25) is 0 Å².